The number of rotatable bonds is 1. The van der Waals surface area contributed by atoms with Gasteiger partial charge in [-0.15, -0.1) is 0 Å². The third-order valence-electron chi connectivity index (χ3n) is 3.11. The molecule has 0 radical (unpaired) electrons. The Balaban J connectivity index is 2.77. The van der Waals surface area contributed by atoms with Crippen LogP contribution in [0.1, 0.15) is 47.5 Å². The highest BCUT2D eigenvalue weighted by Gasteiger charge is 2.33. The molecule has 2 atom stereocenters. The Morgan fingerprint density at radius 1 is 1.43 bits per heavy atom. The molecule has 0 saturated carbocycles. The number of carbonyl (C=O) groups is 1. The molecule has 0 unspecified atom stereocenters. The molecular formula is C13H22O. The minimum atomic E-state index is -0.183. The van der Waals surface area contributed by atoms with Gasteiger partial charge in [-0.3, -0.25) is 4.79 Å². The number of carbonyl (C=O) groups excluding carboxylic acids is 1. The van der Waals surface area contributed by atoms with Gasteiger partial charge in [0.25, 0.3) is 0 Å². The first-order valence-corrected chi connectivity index (χ1v) is 5.54. The summed E-state index contributed by atoms with van der Waals surface area (Å²) in [5, 5.41) is 0. The van der Waals surface area contributed by atoms with Crippen molar-refractivity contribution in [2.45, 2.75) is 47.5 Å². The Morgan fingerprint density at radius 2 is 2.00 bits per heavy atom. The van der Waals surface area contributed by atoms with Gasteiger partial charge >= 0.3 is 0 Å². The van der Waals surface area contributed by atoms with Crippen LogP contribution in [0.3, 0.4) is 0 Å². The van der Waals surface area contributed by atoms with Gasteiger partial charge in [0.05, 0.1) is 0 Å². The standard InChI is InChI=1S/C13H22O/c1-9-6-7-11(10(2)8-9)12(14)13(3,4)5/h8,10-11H,6-7H2,1-5H3/t10-,11-/m1/s1. The zero-order chi connectivity index (χ0) is 10.9. The molecule has 0 amide bonds. The predicted molar refractivity (Wildman–Crippen MR) is 60.1 cm³/mol. The van der Waals surface area contributed by atoms with Gasteiger partial charge in [0.2, 0.25) is 0 Å². The largest absolute Gasteiger partial charge is 0.299 e. The molecule has 0 N–H and O–H groups in total. The summed E-state index contributed by atoms with van der Waals surface area (Å²) in [6.07, 6.45) is 4.40. The zero-order valence-electron chi connectivity index (χ0n) is 10.1. The summed E-state index contributed by atoms with van der Waals surface area (Å²) < 4.78 is 0. The highest BCUT2D eigenvalue weighted by Crippen LogP contribution is 2.34. The average molecular weight is 194 g/mol. The van der Waals surface area contributed by atoms with Crippen LogP contribution >= 0.6 is 0 Å². The van der Waals surface area contributed by atoms with E-state index in [0.29, 0.717) is 11.7 Å². The molecule has 0 aromatic rings. The maximum absolute atomic E-state index is 12.1. The Hall–Kier alpha value is -0.590. The second-order valence-corrected chi connectivity index (χ2v) is 5.63. The van der Waals surface area contributed by atoms with Crippen molar-refractivity contribution in [2.24, 2.45) is 17.3 Å². The summed E-state index contributed by atoms with van der Waals surface area (Å²) in [6, 6.07) is 0. The first-order valence-electron chi connectivity index (χ1n) is 5.54. The summed E-state index contributed by atoms with van der Waals surface area (Å²) in [5.41, 5.74) is 1.26. The zero-order valence-corrected chi connectivity index (χ0v) is 10.1. The van der Waals surface area contributed by atoms with Crippen molar-refractivity contribution in [3.05, 3.63) is 11.6 Å². The lowest BCUT2D eigenvalue weighted by atomic mass is 9.72. The molecule has 0 heterocycles. The summed E-state index contributed by atoms with van der Waals surface area (Å²) in [6.45, 7) is 10.4. The Kier molecular flexibility index (Phi) is 3.18. The summed E-state index contributed by atoms with van der Waals surface area (Å²) in [7, 11) is 0. The van der Waals surface area contributed by atoms with Crippen LogP contribution in [-0.2, 0) is 4.79 Å². The minimum absolute atomic E-state index is 0.183. The number of hydrogen-bond acceptors (Lipinski definition) is 1. The molecule has 1 aliphatic rings. The van der Waals surface area contributed by atoms with Crippen molar-refractivity contribution >= 4 is 5.78 Å². The highest BCUT2D eigenvalue weighted by molar-refractivity contribution is 5.86. The second-order valence-electron chi connectivity index (χ2n) is 5.63. The monoisotopic (exact) mass is 194 g/mol. The lowest BCUT2D eigenvalue weighted by Gasteiger charge is -2.31. The van der Waals surface area contributed by atoms with Gasteiger partial charge in [-0.05, 0) is 25.7 Å². The van der Waals surface area contributed by atoms with E-state index in [1.165, 1.54) is 5.57 Å². The van der Waals surface area contributed by atoms with Crippen LogP contribution in [0, 0.1) is 17.3 Å². The van der Waals surface area contributed by atoms with Crippen molar-refractivity contribution in [1.29, 1.82) is 0 Å². The van der Waals surface area contributed by atoms with Crippen molar-refractivity contribution < 1.29 is 4.79 Å². The number of allylic oxidation sites excluding steroid dienone is 2. The van der Waals surface area contributed by atoms with Crippen LogP contribution in [0.2, 0.25) is 0 Å². The lowest BCUT2D eigenvalue weighted by Crippen LogP contribution is -2.33. The van der Waals surface area contributed by atoms with E-state index in [1.807, 2.05) is 20.8 Å². The number of Topliss-reactive ketones (excluding diaryl/α,β-unsaturated/α-hetero) is 1. The molecule has 0 bridgehead atoms. The fraction of sp³-hybridized carbons (Fsp3) is 0.769. The van der Waals surface area contributed by atoms with Crippen molar-refractivity contribution in [1.82, 2.24) is 0 Å². The Morgan fingerprint density at radius 3 is 2.43 bits per heavy atom. The molecule has 0 aromatic carbocycles. The average Bonchev–Trinajstić information content (AvgIpc) is 2.01. The van der Waals surface area contributed by atoms with E-state index in [1.54, 1.807) is 0 Å². The SMILES string of the molecule is CC1=C[C@@H](C)[C@H](C(=O)C(C)(C)C)CC1. The van der Waals surface area contributed by atoms with Crippen LogP contribution in [0.15, 0.2) is 11.6 Å². The second kappa shape index (κ2) is 3.88. The molecule has 1 nitrogen and oxygen atoms in total. The highest BCUT2D eigenvalue weighted by atomic mass is 16.1. The molecule has 0 saturated heterocycles. The molecule has 1 heteroatoms. The lowest BCUT2D eigenvalue weighted by molar-refractivity contribution is -0.131. The number of ketones is 1. The van der Waals surface area contributed by atoms with E-state index in [9.17, 15) is 4.79 Å². The van der Waals surface area contributed by atoms with Gasteiger partial charge < -0.3 is 0 Å². The molecule has 0 spiro atoms. The van der Waals surface area contributed by atoms with E-state index < -0.39 is 0 Å². The molecule has 0 fully saturated rings. The summed E-state index contributed by atoms with van der Waals surface area (Å²) in [5.74, 6) is 1.10. The van der Waals surface area contributed by atoms with E-state index >= 15 is 0 Å². The van der Waals surface area contributed by atoms with Crippen molar-refractivity contribution in [3.63, 3.8) is 0 Å². The summed E-state index contributed by atoms with van der Waals surface area (Å²) >= 11 is 0. The smallest absolute Gasteiger partial charge is 0.141 e. The van der Waals surface area contributed by atoms with Gasteiger partial charge in [0.15, 0.2) is 0 Å². The normalized spacial score (nSPS) is 28.5. The van der Waals surface area contributed by atoms with E-state index in [0.717, 1.165) is 12.8 Å². The molecule has 1 aliphatic carbocycles. The van der Waals surface area contributed by atoms with Gasteiger partial charge in [-0.2, -0.15) is 0 Å². The van der Waals surface area contributed by atoms with E-state index in [-0.39, 0.29) is 11.3 Å². The quantitative estimate of drug-likeness (QED) is 0.583. The van der Waals surface area contributed by atoms with E-state index in [4.69, 9.17) is 0 Å². The van der Waals surface area contributed by atoms with Gasteiger partial charge in [-0.25, -0.2) is 0 Å². The maximum Gasteiger partial charge on any atom is 0.141 e. The van der Waals surface area contributed by atoms with Gasteiger partial charge in [0, 0.05) is 11.3 Å². The third kappa shape index (κ3) is 2.46. The minimum Gasteiger partial charge on any atom is -0.299 e. The topological polar surface area (TPSA) is 17.1 Å². The van der Waals surface area contributed by atoms with Crippen LogP contribution in [0.5, 0.6) is 0 Å². The Labute approximate surface area is 87.6 Å². The molecule has 0 aliphatic heterocycles. The van der Waals surface area contributed by atoms with Gasteiger partial charge in [-0.1, -0.05) is 39.3 Å². The maximum atomic E-state index is 12.1. The summed E-state index contributed by atoms with van der Waals surface area (Å²) in [4.78, 5) is 12.1. The van der Waals surface area contributed by atoms with Gasteiger partial charge in [0.1, 0.15) is 5.78 Å². The van der Waals surface area contributed by atoms with Crippen LogP contribution in [-0.4, -0.2) is 5.78 Å². The first kappa shape index (κ1) is 11.5. The van der Waals surface area contributed by atoms with E-state index in [2.05, 4.69) is 19.9 Å². The molecule has 14 heavy (non-hydrogen) atoms. The van der Waals surface area contributed by atoms with Crippen molar-refractivity contribution in [3.8, 4) is 0 Å². The predicted octanol–water partition coefficient (Wildman–Crippen LogP) is 3.59. The molecular weight excluding hydrogens is 172 g/mol. The number of hydrogen-bond donors (Lipinski definition) is 0. The Bertz CT molecular complexity index is 255. The van der Waals surface area contributed by atoms with Crippen LogP contribution in [0.4, 0.5) is 0 Å². The van der Waals surface area contributed by atoms with Crippen molar-refractivity contribution in [2.75, 3.05) is 0 Å². The fourth-order valence-electron chi connectivity index (χ4n) is 2.22. The molecule has 0 aromatic heterocycles. The molecule has 1 rings (SSSR count). The van der Waals surface area contributed by atoms with Crippen LogP contribution in [0.25, 0.3) is 0 Å². The first-order chi connectivity index (χ1) is 6.32. The molecule has 80 valence electrons. The van der Waals surface area contributed by atoms with Crippen LogP contribution < -0.4 is 0 Å². The fourth-order valence-corrected chi connectivity index (χ4v) is 2.22. The third-order valence-corrected chi connectivity index (χ3v) is 3.11.